The number of hydrogen-bond donors (Lipinski definition) is 0. The summed E-state index contributed by atoms with van der Waals surface area (Å²) in [6, 6.07) is 2.78. The van der Waals surface area contributed by atoms with Crippen molar-refractivity contribution in [1.29, 1.82) is 0 Å². The molecular formula is C22H46OSi2. The standard InChI is InChI=1S/C22H46OSi2/c1-24(2,19-11-17-21-13-7-5-8-14-21)23-25(3,4)20-12-18-22-15-9-6-10-16-22/h21-22H,5-20H2,1-4H3. The second-order valence-electron chi connectivity index (χ2n) is 10.4. The summed E-state index contributed by atoms with van der Waals surface area (Å²) in [5.41, 5.74) is 0. The summed E-state index contributed by atoms with van der Waals surface area (Å²) in [5, 5.41) is 0. The van der Waals surface area contributed by atoms with Crippen LogP contribution in [0.5, 0.6) is 0 Å². The molecule has 2 fully saturated rings. The van der Waals surface area contributed by atoms with Gasteiger partial charge in [0.2, 0.25) is 0 Å². The lowest BCUT2D eigenvalue weighted by molar-refractivity contribution is 0.333. The summed E-state index contributed by atoms with van der Waals surface area (Å²) in [7, 11) is -2.90. The number of rotatable bonds is 10. The van der Waals surface area contributed by atoms with Crippen LogP contribution in [0, 0.1) is 11.8 Å². The van der Waals surface area contributed by atoms with E-state index >= 15 is 0 Å². The van der Waals surface area contributed by atoms with Gasteiger partial charge in [0.05, 0.1) is 0 Å². The first-order chi connectivity index (χ1) is 11.9. The average Bonchev–Trinajstić information content (AvgIpc) is 2.55. The van der Waals surface area contributed by atoms with Crippen molar-refractivity contribution < 1.29 is 4.12 Å². The Labute approximate surface area is 161 Å². The fourth-order valence-electron chi connectivity index (χ4n) is 5.43. The molecule has 0 spiro atoms. The van der Waals surface area contributed by atoms with E-state index in [1.165, 1.54) is 102 Å². The quantitative estimate of drug-likeness (QED) is 0.346. The maximum atomic E-state index is 6.88. The molecule has 0 radical (unpaired) electrons. The Morgan fingerprint density at radius 3 is 1.32 bits per heavy atom. The minimum Gasteiger partial charge on any atom is -0.455 e. The van der Waals surface area contributed by atoms with Gasteiger partial charge >= 0.3 is 0 Å². The average molecular weight is 383 g/mol. The Hall–Kier alpha value is 0.394. The first-order valence-corrected chi connectivity index (χ1v) is 17.8. The van der Waals surface area contributed by atoms with Gasteiger partial charge in [0.25, 0.3) is 0 Å². The molecule has 0 heterocycles. The minimum absolute atomic E-state index is 1.04. The van der Waals surface area contributed by atoms with Gasteiger partial charge in [0.15, 0.2) is 16.6 Å². The smallest absolute Gasteiger partial charge is 0.173 e. The zero-order valence-corrected chi connectivity index (χ0v) is 19.9. The van der Waals surface area contributed by atoms with E-state index in [1.807, 2.05) is 0 Å². The molecule has 0 atom stereocenters. The van der Waals surface area contributed by atoms with E-state index < -0.39 is 16.6 Å². The number of hydrogen-bond acceptors (Lipinski definition) is 1. The van der Waals surface area contributed by atoms with Gasteiger partial charge in [-0.2, -0.15) is 0 Å². The molecule has 2 aliphatic rings. The van der Waals surface area contributed by atoms with Crippen molar-refractivity contribution >= 4 is 16.6 Å². The Morgan fingerprint density at radius 1 is 0.600 bits per heavy atom. The summed E-state index contributed by atoms with van der Waals surface area (Å²) < 4.78 is 6.88. The summed E-state index contributed by atoms with van der Waals surface area (Å²) in [6.07, 6.45) is 20.8. The van der Waals surface area contributed by atoms with Crippen LogP contribution in [0.4, 0.5) is 0 Å². The van der Waals surface area contributed by atoms with E-state index in [1.54, 1.807) is 0 Å². The molecule has 0 amide bonds. The first-order valence-electron chi connectivity index (χ1n) is 11.6. The molecule has 25 heavy (non-hydrogen) atoms. The van der Waals surface area contributed by atoms with Crippen LogP contribution < -0.4 is 0 Å². The van der Waals surface area contributed by atoms with Crippen LogP contribution in [0.15, 0.2) is 0 Å². The largest absolute Gasteiger partial charge is 0.455 e. The fraction of sp³-hybridized carbons (Fsp3) is 1.00. The Bertz CT molecular complexity index is 321. The second kappa shape index (κ2) is 10.7. The minimum atomic E-state index is -1.45. The summed E-state index contributed by atoms with van der Waals surface area (Å²) in [6.45, 7) is 9.96. The zero-order valence-electron chi connectivity index (χ0n) is 17.9. The molecule has 0 aliphatic heterocycles. The molecular weight excluding hydrogens is 336 g/mol. The van der Waals surface area contributed by atoms with E-state index in [2.05, 4.69) is 26.2 Å². The molecule has 148 valence electrons. The van der Waals surface area contributed by atoms with Crippen molar-refractivity contribution in [1.82, 2.24) is 0 Å². The highest BCUT2D eigenvalue weighted by atomic mass is 28.4. The van der Waals surface area contributed by atoms with Crippen molar-refractivity contribution in [2.75, 3.05) is 0 Å². The highest BCUT2D eigenvalue weighted by Gasteiger charge is 2.32. The molecule has 2 rings (SSSR count). The summed E-state index contributed by atoms with van der Waals surface area (Å²) >= 11 is 0. The lowest BCUT2D eigenvalue weighted by atomic mass is 9.86. The van der Waals surface area contributed by atoms with Crippen LogP contribution in [-0.4, -0.2) is 16.6 Å². The molecule has 2 saturated carbocycles. The van der Waals surface area contributed by atoms with Crippen LogP contribution in [0.25, 0.3) is 0 Å². The van der Waals surface area contributed by atoms with Crippen LogP contribution in [0.1, 0.15) is 89.9 Å². The van der Waals surface area contributed by atoms with Gasteiger partial charge in [-0.25, -0.2) is 0 Å². The van der Waals surface area contributed by atoms with Crippen molar-refractivity contribution in [3.8, 4) is 0 Å². The molecule has 0 bridgehead atoms. The van der Waals surface area contributed by atoms with E-state index in [0.717, 1.165) is 11.8 Å². The third kappa shape index (κ3) is 9.24. The molecule has 1 nitrogen and oxygen atoms in total. The van der Waals surface area contributed by atoms with E-state index in [4.69, 9.17) is 4.12 Å². The van der Waals surface area contributed by atoms with Gasteiger partial charge in [-0.05, 0) is 50.1 Å². The maximum Gasteiger partial charge on any atom is 0.173 e. The van der Waals surface area contributed by atoms with E-state index in [0.29, 0.717) is 0 Å². The Balaban J connectivity index is 1.62. The predicted molar refractivity (Wildman–Crippen MR) is 117 cm³/mol. The fourth-order valence-corrected chi connectivity index (χ4v) is 14.3. The molecule has 0 aromatic carbocycles. The van der Waals surface area contributed by atoms with E-state index in [9.17, 15) is 0 Å². The van der Waals surface area contributed by atoms with Gasteiger partial charge in [0.1, 0.15) is 0 Å². The Morgan fingerprint density at radius 2 is 0.960 bits per heavy atom. The van der Waals surface area contributed by atoms with Crippen molar-refractivity contribution in [2.45, 2.75) is 128 Å². The zero-order chi connectivity index (χ0) is 18.2. The summed E-state index contributed by atoms with van der Waals surface area (Å²) in [4.78, 5) is 0. The van der Waals surface area contributed by atoms with Gasteiger partial charge in [-0.1, -0.05) is 89.9 Å². The monoisotopic (exact) mass is 382 g/mol. The molecule has 3 heteroatoms. The second-order valence-corrected chi connectivity index (χ2v) is 19.3. The van der Waals surface area contributed by atoms with Crippen LogP contribution in [0.3, 0.4) is 0 Å². The topological polar surface area (TPSA) is 9.23 Å². The normalized spacial score (nSPS) is 21.6. The van der Waals surface area contributed by atoms with E-state index in [-0.39, 0.29) is 0 Å². The molecule has 0 aromatic heterocycles. The third-order valence-corrected chi connectivity index (χ3v) is 14.3. The predicted octanol–water partition coefficient (Wildman–Crippen LogP) is 8.13. The lowest BCUT2D eigenvalue weighted by Gasteiger charge is -2.35. The SMILES string of the molecule is C[Si](C)(CCCC1CCCCC1)O[Si](C)(C)CCCC1CCCCC1. The molecule has 0 unspecified atom stereocenters. The molecule has 0 N–H and O–H groups in total. The highest BCUT2D eigenvalue weighted by Crippen LogP contribution is 2.32. The maximum absolute atomic E-state index is 6.88. The van der Waals surface area contributed by atoms with Gasteiger partial charge < -0.3 is 4.12 Å². The van der Waals surface area contributed by atoms with Crippen molar-refractivity contribution in [2.24, 2.45) is 11.8 Å². The highest BCUT2D eigenvalue weighted by molar-refractivity contribution is 6.84. The van der Waals surface area contributed by atoms with Gasteiger partial charge in [-0.3, -0.25) is 0 Å². The Kier molecular flexibility index (Phi) is 9.25. The first kappa shape index (κ1) is 21.7. The van der Waals surface area contributed by atoms with Crippen LogP contribution in [-0.2, 0) is 4.12 Å². The molecule has 0 aromatic rings. The van der Waals surface area contributed by atoms with Gasteiger partial charge in [0, 0.05) is 0 Å². The summed E-state index contributed by atoms with van der Waals surface area (Å²) in [5.74, 6) is 2.08. The van der Waals surface area contributed by atoms with Crippen molar-refractivity contribution in [3.05, 3.63) is 0 Å². The van der Waals surface area contributed by atoms with Gasteiger partial charge in [-0.15, -0.1) is 0 Å². The molecule has 2 aliphatic carbocycles. The van der Waals surface area contributed by atoms with Crippen LogP contribution >= 0.6 is 0 Å². The lowest BCUT2D eigenvalue weighted by Crippen LogP contribution is -2.44. The third-order valence-electron chi connectivity index (χ3n) is 6.78. The van der Waals surface area contributed by atoms with Crippen molar-refractivity contribution in [3.63, 3.8) is 0 Å². The van der Waals surface area contributed by atoms with Crippen LogP contribution in [0.2, 0.25) is 38.3 Å². The molecule has 0 saturated heterocycles.